The van der Waals surface area contributed by atoms with Crippen LogP contribution in [0.2, 0.25) is 0 Å². The molecule has 2 aromatic carbocycles. The van der Waals surface area contributed by atoms with Gasteiger partial charge in [0, 0.05) is 17.0 Å². The maximum absolute atomic E-state index is 12.4. The summed E-state index contributed by atoms with van der Waals surface area (Å²) in [4.78, 5) is 12.4. The molecule has 1 heterocycles. The molecule has 24 heavy (non-hydrogen) atoms. The second-order valence-corrected chi connectivity index (χ2v) is 6.05. The largest absolute Gasteiger partial charge is 0.497 e. The minimum absolute atomic E-state index is 0.0898. The Morgan fingerprint density at radius 3 is 2.50 bits per heavy atom. The van der Waals surface area contributed by atoms with E-state index in [1.165, 1.54) is 6.07 Å². The summed E-state index contributed by atoms with van der Waals surface area (Å²) in [5, 5.41) is 1.40. The van der Waals surface area contributed by atoms with Gasteiger partial charge in [0.1, 0.15) is 22.8 Å². The third-order valence-electron chi connectivity index (χ3n) is 3.62. The fraction of sp³-hybridized carbons (Fsp3) is 0.211. The number of ether oxygens (including phenoxy) is 2. The van der Waals surface area contributed by atoms with Gasteiger partial charge >= 0.3 is 0 Å². The van der Waals surface area contributed by atoms with E-state index in [1.54, 1.807) is 19.2 Å². The molecule has 4 nitrogen and oxygen atoms in total. The van der Waals surface area contributed by atoms with Gasteiger partial charge in [-0.2, -0.15) is 0 Å². The van der Waals surface area contributed by atoms with Crippen molar-refractivity contribution in [2.24, 2.45) is 0 Å². The van der Waals surface area contributed by atoms with Gasteiger partial charge in [-0.3, -0.25) is 4.79 Å². The Morgan fingerprint density at radius 2 is 1.79 bits per heavy atom. The second kappa shape index (κ2) is 7.53. The minimum atomic E-state index is -0.0898. The molecule has 0 atom stereocenters. The molecule has 0 amide bonds. The average Bonchev–Trinajstić information content (AvgIpc) is 2.62. The summed E-state index contributed by atoms with van der Waals surface area (Å²) < 4.78 is 16.6. The molecule has 0 fully saturated rings. The molecule has 0 spiro atoms. The molecule has 0 radical (unpaired) electrons. The summed E-state index contributed by atoms with van der Waals surface area (Å²) in [6.45, 7) is 0.603. The van der Waals surface area contributed by atoms with E-state index in [4.69, 9.17) is 13.9 Å². The van der Waals surface area contributed by atoms with Crippen molar-refractivity contribution in [1.82, 2.24) is 0 Å². The standard InChI is InChI=1S/C19H17BrO4/c1-22-14-5-3-13(4-6-14)19-12-17(21)16-11-15(23-10-2-9-20)7-8-18(16)24-19/h3-8,11-12H,2,9-10H2,1H3. The van der Waals surface area contributed by atoms with Crippen LogP contribution in [0.15, 0.2) is 57.7 Å². The Bertz CT molecular complexity index is 884. The highest BCUT2D eigenvalue weighted by Crippen LogP contribution is 2.26. The quantitative estimate of drug-likeness (QED) is 0.456. The van der Waals surface area contributed by atoms with Gasteiger partial charge in [-0.25, -0.2) is 0 Å². The van der Waals surface area contributed by atoms with Crippen molar-refractivity contribution in [3.63, 3.8) is 0 Å². The summed E-state index contributed by atoms with van der Waals surface area (Å²) in [5.41, 5.74) is 1.28. The van der Waals surface area contributed by atoms with Crippen molar-refractivity contribution in [3.05, 3.63) is 58.8 Å². The third-order valence-corrected chi connectivity index (χ3v) is 4.18. The third kappa shape index (κ3) is 3.62. The zero-order chi connectivity index (χ0) is 16.9. The molecule has 0 saturated heterocycles. The molecule has 0 aliphatic rings. The van der Waals surface area contributed by atoms with Crippen molar-refractivity contribution < 1.29 is 13.9 Å². The normalized spacial score (nSPS) is 10.8. The Kier molecular flexibility index (Phi) is 5.20. The van der Waals surface area contributed by atoms with Gasteiger partial charge in [0.25, 0.3) is 0 Å². The molecule has 3 rings (SSSR count). The first-order valence-corrected chi connectivity index (χ1v) is 8.74. The fourth-order valence-corrected chi connectivity index (χ4v) is 2.60. The first-order chi connectivity index (χ1) is 11.7. The van der Waals surface area contributed by atoms with Crippen molar-refractivity contribution in [2.75, 3.05) is 19.0 Å². The van der Waals surface area contributed by atoms with E-state index in [0.717, 1.165) is 23.1 Å². The number of benzene rings is 2. The number of rotatable bonds is 6. The van der Waals surface area contributed by atoms with Gasteiger partial charge in [-0.05, 0) is 48.9 Å². The van der Waals surface area contributed by atoms with Crippen LogP contribution in [0.1, 0.15) is 6.42 Å². The van der Waals surface area contributed by atoms with Gasteiger partial charge in [-0.1, -0.05) is 15.9 Å². The molecule has 0 aliphatic carbocycles. The summed E-state index contributed by atoms with van der Waals surface area (Å²) in [6, 6.07) is 14.2. The van der Waals surface area contributed by atoms with E-state index in [0.29, 0.717) is 29.1 Å². The zero-order valence-electron chi connectivity index (χ0n) is 13.3. The summed E-state index contributed by atoms with van der Waals surface area (Å²) in [6.07, 6.45) is 0.906. The van der Waals surface area contributed by atoms with Crippen molar-refractivity contribution in [3.8, 4) is 22.8 Å². The van der Waals surface area contributed by atoms with Crippen molar-refractivity contribution >= 4 is 26.9 Å². The van der Waals surface area contributed by atoms with Crippen LogP contribution < -0.4 is 14.9 Å². The maximum atomic E-state index is 12.4. The lowest BCUT2D eigenvalue weighted by Crippen LogP contribution is -2.02. The lowest BCUT2D eigenvalue weighted by atomic mass is 10.1. The summed E-state index contributed by atoms with van der Waals surface area (Å²) >= 11 is 3.36. The summed E-state index contributed by atoms with van der Waals surface area (Å²) in [5.74, 6) is 1.96. The van der Waals surface area contributed by atoms with Gasteiger partial charge < -0.3 is 13.9 Å². The molecule has 1 aromatic heterocycles. The first-order valence-electron chi connectivity index (χ1n) is 7.62. The lowest BCUT2D eigenvalue weighted by Gasteiger charge is -2.07. The molecule has 0 saturated carbocycles. The van der Waals surface area contributed by atoms with Gasteiger partial charge in [0.2, 0.25) is 0 Å². The fourth-order valence-electron chi connectivity index (χ4n) is 2.37. The van der Waals surface area contributed by atoms with Gasteiger partial charge in [0.05, 0.1) is 19.1 Å². The number of halogens is 1. The molecule has 0 aliphatic heterocycles. The highest BCUT2D eigenvalue weighted by Gasteiger charge is 2.08. The molecule has 0 bridgehead atoms. The Morgan fingerprint density at radius 1 is 1.04 bits per heavy atom. The van der Waals surface area contributed by atoms with Crippen LogP contribution in [0, 0.1) is 0 Å². The Labute approximate surface area is 148 Å². The second-order valence-electron chi connectivity index (χ2n) is 5.25. The topological polar surface area (TPSA) is 48.7 Å². The molecule has 124 valence electrons. The number of fused-ring (bicyclic) bond motifs is 1. The summed E-state index contributed by atoms with van der Waals surface area (Å²) in [7, 11) is 1.61. The molecular weight excluding hydrogens is 372 g/mol. The average molecular weight is 389 g/mol. The van der Waals surface area contributed by atoms with E-state index >= 15 is 0 Å². The van der Waals surface area contributed by atoms with E-state index in [2.05, 4.69) is 15.9 Å². The molecule has 0 N–H and O–H groups in total. The van der Waals surface area contributed by atoms with Gasteiger partial charge in [0.15, 0.2) is 5.43 Å². The first kappa shape index (κ1) is 16.6. The molecule has 0 unspecified atom stereocenters. The molecular formula is C19H17BrO4. The number of hydrogen-bond donors (Lipinski definition) is 0. The number of methoxy groups -OCH3 is 1. The van der Waals surface area contributed by atoms with Crippen molar-refractivity contribution in [2.45, 2.75) is 6.42 Å². The molecule has 5 heteroatoms. The number of hydrogen-bond acceptors (Lipinski definition) is 4. The highest BCUT2D eigenvalue weighted by atomic mass is 79.9. The van der Waals surface area contributed by atoms with E-state index < -0.39 is 0 Å². The van der Waals surface area contributed by atoms with Crippen LogP contribution in [0.4, 0.5) is 0 Å². The van der Waals surface area contributed by atoms with E-state index in [9.17, 15) is 4.79 Å². The minimum Gasteiger partial charge on any atom is -0.497 e. The molecule has 3 aromatic rings. The van der Waals surface area contributed by atoms with Crippen LogP contribution in [-0.2, 0) is 0 Å². The van der Waals surface area contributed by atoms with Crippen LogP contribution in [0.3, 0.4) is 0 Å². The zero-order valence-corrected chi connectivity index (χ0v) is 14.8. The maximum Gasteiger partial charge on any atom is 0.193 e. The smallest absolute Gasteiger partial charge is 0.193 e. The monoisotopic (exact) mass is 388 g/mol. The lowest BCUT2D eigenvalue weighted by molar-refractivity contribution is 0.319. The Hall–Kier alpha value is -2.27. The van der Waals surface area contributed by atoms with Crippen LogP contribution in [0.25, 0.3) is 22.3 Å². The van der Waals surface area contributed by atoms with Crippen LogP contribution in [-0.4, -0.2) is 19.0 Å². The SMILES string of the molecule is COc1ccc(-c2cc(=O)c3cc(OCCCBr)ccc3o2)cc1. The predicted molar refractivity (Wildman–Crippen MR) is 98.4 cm³/mol. The Balaban J connectivity index is 1.95. The highest BCUT2D eigenvalue weighted by molar-refractivity contribution is 9.09. The van der Waals surface area contributed by atoms with Crippen LogP contribution >= 0.6 is 15.9 Å². The van der Waals surface area contributed by atoms with Gasteiger partial charge in [-0.15, -0.1) is 0 Å². The predicted octanol–water partition coefficient (Wildman–Crippen LogP) is 4.63. The number of alkyl halides is 1. The van der Waals surface area contributed by atoms with Crippen LogP contribution in [0.5, 0.6) is 11.5 Å². The van der Waals surface area contributed by atoms with E-state index in [1.807, 2.05) is 30.3 Å². The van der Waals surface area contributed by atoms with Crippen molar-refractivity contribution in [1.29, 1.82) is 0 Å². The van der Waals surface area contributed by atoms with E-state index in [-0.39, 0.29) is 5.43 Å².